The molecule has 104 valence electrons. The Kier molecular flexibility index (Phi) is 4.32. The van der Waals surface area contributed by atoms with E-state index in [0.717, 1.165) is 6.07 Å². The van der Waals surface area contributed by atoms with Gasteiger partial charge in [0, 0.05) is 9.26 Å². The van der Waals surface area contributed by atoms with Crippen LogP contribution in [-0.2, 0) is 6.18 Å². The summed E-state index contributed by atoms with van der Waals surface area (Å²) in [7, 11) is 0. The molecule has 0 spiro atoms. The molecule has 0 aliphatic carbocycles. The Labute approximate surface area is 127 Å². The number of hydrogen-bond acceptors (Lipinski definition) is 1. The molecule has 0 saturated carbocycles. The summed E-state index contributed by atoms with van der Waals surface area (Å²) in [5, 5.41) is 2.45. The molecule has 2 aromatic rings. The molecule has 0 atom stereocenters. The van der Waals surface area contributed by atoms with Gasteiger partial charge in [0.15, 0.2) is 0 Å². The lowest BCUT2D eigenvalue weighted by Crippen LogP contribution is -2.18. The van der Waals surface area contributed by atoms with Crippen LogP contribution in [-0.4, -0.2) is 5.91 Å². The first-order valence-electron chi connectivity index (χ1n) is 5.61. The van der Waals surface area contributed by atoms with Crippen molar-refractivity contribution in [3.63, 3.8) is 0 Å². The summed E-state index contributed by atoms with van der Waals surface area (Å²) in [5.74, 6) is -0.778. The molecule has 2 aromatic carbocycles. The Hall–Kier alpha value is -1.57. The maximum atomic E-state index is 12.9. The first kappa shape index (κ1) is 14.8. The number of hydrogen-bond donors (Lipinski definition) is 1. The van der Waals surface area contributed by atoms with Gasteiger partial charge in [0.05, 0.1) is 11.1 Å². The van der Waals surface area contributed by atoms with Crippen LogP contribution in [0.5, 0.6) is 0 Å². The van der Waals surface area contributed by atoms with Gasteiger partial charge < -0.3 is 5.32 Å². The van der Waals surface area contributed by atoms with E-state index < -0.39 is 17.6 Å². The zero-order chi connectivity index (χ0) is 14.8. The van der Waals surface area contributed by atoms with E-state index in [1.165, 1.54) is 12.1 Å². The van der Waals surface area contributed by atoms with Gasteiger partial charge in [-0.2, -0.15) is 13.2 Å². The monoisotopic (exact) mass is 391 g/mol. The molecule has 0 unspecified atom stereocenters. The minimum atomic E-state index is -4.56. The molecule has 1 N–H and O–H groups in total. The number of carbonyl (C=O) groups excluding carboxylic acids is 1. The Bertz CT molecular complexity index is 626. The van der Waals surface area contributed by atoms with Gasteiger partial charge in [0.2, 0.25) is 0 Å². The first-order valence-corrected chi connectivity index (χ1v) is 6.69. The van der Waals surface area contributed by atoms with Crippen LogP contribution in [0.3, 0.4) is 0 Å². The van der Waals surface area contributed by atoms with Gasteiger partial charge in [0.1, 0.15) is 0 Å². The third-order valence-corrected chi connectivity index (χ3v) is 3.23. The van der Waals surface area contributed by atoms with Gasteiger partial charge >= 0.3 is 6.18 Å². The number of rotatable bonds is 2. The summed E-state index contributed by atoms with van der Waals surface area (Å²) in [6.07, 6.45) is -4.56. The number of nitrogens with one attached hydrogen (secondary N) is 1. The predicted molar refractivity (Wildman–Crippen MR) is 78.6 cm³/mol. The number of para-hydroxylation sites is 1. The van der Waals surface area contributed by atoms with E-state index >= 15 is 0 Å². The maximum Gasteiger partial charge on any atom is 0.417 e. The van der Waals surface area contributed by atoms with Crippen molar-refractivity contribution in [1.82, 2.24) is 0 Å². The average Bonchev–Trinajstić information content (AvgIpc) is 2.38. The van der Waals surface area contributed by atoms with Crippen molar-refractivity contribution < 1.29 is 18.0 Å². The fourth-order valence-electron chi connectivity index (χ4n) is 1.67. The van der Waals surface area contributed by atoms with E-state index in [1.807, 2.05) is 0 Å². The highest BCUT2D eigenvalue weighted by Gasteiger charge is 2.35. The van der Waals surface area contributed by atoms with Crippen LogP contribution in [0.25, 0.3) is 0 Å². The molecule has 0 bridgehead atoms. The minimum absolute atomic E-state index is 0.387. The lowest BCUT2D eigenvalue weighted by atomic mass is 10.1. The standard InChI is InChI=1S/C14H9F3INO/c15-14(16,17)12-8-9(18)6-7-11(12)13(20)19-10-4-2-1-3-5-10/h1-8H,(H,19,20). The molecule has 0 aliphatic rings. The summed E-state index contributed by atoms with van der Waals surface area (Å²) in [6.45, 7) is 0. The van der Waals surface area contributed by atoms with Crippen molar-refractivity contribution in [1.29, 1.82) is 0 Å². The second-order valence-corrected chi connectivity index (χ2v) is 5.25. The van der Waals surface area contributed by atoms with Crippen LogP contribution in [0.15, 0.2) is 48.5 Å². The largest absolute Gasteiger partial charge is 0.417 e. The molecular formula is C14H9F3INO. The number of anilines is 1. The second-order valence-electron chi connectivity index (χ2n) is 4.01. The van der Waals surface area contributed by atoms with Crippen molar-refractivity contribution in [3.8, 4) is 0 Å². The summed E-state index contributed by atoms with van der Waals surface area (Å²) < 4.78 is 39.3. The average molecular weight is 391 g/mol. The topological polar surface area (TPSA) is 29.1 Å². The number of amides is 1. The summed E-state index contributed by atoms with van der Waals surface area (Å²) in [6, 6.07) is 12.0. The minimum Gasteiger partial charge on any atom is -0.322 e. The molecule has 0 aromatic heterocycles. The van der Waals surface area contributed by atoms with Crippen molar-refractivity contribution in [3.05, 3.63) is 63.2 Å². The van der Waals surface area contributed by atoms with Crippen molar-refractivity contribution in [2.75, 3.05) is 5.32 Å². The molecule has 1 amide bonds. The number of benzene rings is 2. The fourth-order valence-corrected chi connectivity index (χ4v) is 2.16. The van der Waals surface area contributed by atoms with E-state index in [1.54, 1.807) is 52.9 Å². The highest BCUT2D eigenvalue weighted by molar-refractivity contribution is 14.1. The van der Waals surface area contributed by atoms with Crippen LogP contribution in [0.1, 0.15) is 15.9 Å². The van der Waals surface area contributed by atoms with Crippen LogP contribution in [0, 0.1) is 3.57 Å². The summed E-state index contributed by atoms with van der Waals surface area (Å²) >= 11 is 1.78. The van der Waals surface area contributed by atoms with Crippen LogP contribution >= 0.6 is 22.6 Å². The SMILES string of the molecule is O=C(Nc1ccccc1)c1ccc(I)cc1C(F)(F)F. The normalized spacial score (nSPS) is 11.2. The van der Waals surface area contributed by atoms with E-state index in [-0.39, 0.29) is 5.56 Å². The molecule has 0 aliphatic heterocycles. The zero-order valence-corrected chi connectivity index (χ0v) is 12.2. The second kappa shape index (κ2) is 5.82. The van der Waals surface area contributed by atoms with Gasteiger partial charge in [-0.3, -0.25) is 4.79 Å². The van der Waals surface area contributed by atoms with Gasteiger partial charge in [-0.1, -0.05) is 18.2 Å². The van der Waals surface area contributed by atoms with Gasteiger partial charge in [-0.15, -0.1) is 0 Å². The Morgan fingerprint density at radius 3 is 2.30 bits per heavy atom. The molecule has 0 saturated heterocycles. The number of halogens is 4. The lowest BCUT2D eigenvalue weighted by molar-refractivity contribution is -0.137. The first-order chi connectivity index (χ1) is 9.38. The van der Waals surface area contributed by atoms with Crippen molar-refractivity contribution >= 4 is 34.2 Å². The van der Waals surface area contributed by atoms with Crippen molar-refractivity contribution in [2.45, 2.75) is 6.18 Å². The molecular weight excluding hydrogens is 382 g/mol. The number of alkyl halides is 3. The summed E-state index contributed by atoms with van der Waals surface area (Å²) in [5.41, 5.74) is -0.872. The third-order valence-electron chi connectivity index (χ3n) is 2.56. The molecule has 0 fully saturated rings. The number of carbonyl (C=O) groups is 1. The van der Waals surface area contributed by atoms with Crippen LogP contribution < -0.4 is 5.32 Å². The molecule has 2 rings (SSSR count). The van der Waals surface area contributed by atoms with Gasteiger partial charge in [0.25, 0.3) is 5.91 Å². The fraction of sp³-hybridized carbons (Fsp3) is 0.0714. The highest BCUT2D eigenvalue weighted by atomic mass is 127. The molecule has 2 nitrogen and oxygen atoms in total. The molecule has 6 heteroatoms. The Morgan fingerprint density at radius 2 is 1.70 bits per heavy atom. The Balaban J connectivity index is 2.35. The quantitative estimate of drug-likeness (QED) is 0.748. The van der Waals surface area contributed by atoms with Crippen LogP contribution in [0.4, 0.5) is 18.9 Å². The van der Waals surface area contributed by atoms with Gasteiger partial charge in [-0.25, -0.2) is 0 Å². The summed E-state index contributed by atoms with van der Waals surface area (Å²) in [4.78, 5) is 12.0. The smallest absolute Gasteiger partial charge is 0.322 e. The molecule has 0 radical (unpaired) electrons. The zero-order valence-electron chi connectivity index (χ0n) is 10.0. The van der Waals surface area contributed by atoms with Crippen LogP contribution in [0.2, 0.25) is 0 Å². The predicted octanol–water partition coefficient (Wildman–Crippen LogP) is 4.56. The molecule has 0 heterocycles. The van der Waals surface area contributed by atoms with E-state index in [9.17, 15) is 18.0 Å². The third kappa shape index (κ3) is 3.50. The van der Waals surface area contributed by atoms with E-state index in [2.05, 4.69) is 5.32 Å². The highest BCUT2D eigenvalue weighted by Crippen LogP contribution is 2.33. The molecule has 20 heavy (non-hydrogen) atoms. The Morgan fingerprint density at radius 1 is 1.05 bits per heavy atom. The van der Waals surface area contributed by atoms with E-state index in [0.29, 0.717) is 9.26 Å². The lowest BCUT2D eigenvalue weighted by Gasteiger charge is -2.13. The maximum absolute atomic E-state index is 12.9. The van der Waals surface area contributed by atoms with Crippen molar-refractivity contribution in [2.24, 2.45) is 0 Å². The van der Waals surface area contributed by atoms with Gasteiger partial charge in [-0.05, 0) is 52.9 Å². The van der Waals surface area contributed by atoms with E-state index in [4.69, 9.17) is 0 Å².